The van der Waals surface area contributed by atoms with Crippen LogP contribution in [0.2, 0.25) is 0 Å². The SMILES string of the molecule is CC(C)(C)OC(=O)C1CCN(C(=O)C2CN(c3ccc(C(=N)N)cc3)C(=O)O2)CC1. The van der Waals surface area contributed by atoms with Crippen LogP contribution in [-0.4, -0.2) is 60.0 Å². The summed E-state index contributed by atoms with van der Waals surface area (Å²) in [5.41, 5.74) is 6.03. The molecule has 2 fully saturated rings. The average molecular weight is 416 g/mol. The molecular formula is C21H28N4O5. The third kappa shape index (κ3) is 4.90. The van der Waals surface area contributed by atoms with Crippen LogP contribution >= 0.6 is 0 Å². The number of rotatable bonds is 4. The first kappa shape index (κ1) is 21.6. The molecule has 0 bridgehead atoms. The molecule has 2 amide bonds. The van der Waals surface area contributed by atoms with Crippen LogP contribution in [-0.2, 0) is 19.1 Å². The second-order valence-electron chi connectivity index (χ2n) is 8.58. The molecule has 1 aromatic carbocycles. The number of likely N-dealkylation sites (tertiary alicyclic amines) is 1. The van der Waals surface area contributed by atoms with Crippen molar-refractivity contribution in [3.05, 3.63) is 29.8 Å². The van der Waals surface area contributed by atoms with Crippen LogP contribution in [0.4, 0.5) is 10.5 Å². The van der Waals surface area contributed by atoms with Crippen molar-refractivity contribution in [2.75, 3.05) is 24.5 Å². The van der Waals surface area contributed by atoms with Crippen LogP contribution in [0.15, 0.2) is 24.3 Å². The molecular weight excluding hydrogens is 388 g/mol. The predicted octanol–water partition coefficient (Wildman–Crippen LogP) is 1.88. The van der Waals surface area contributed by atoms with Gasteiger partial charge in [0.25, 0.3) is 5.91 Å². The molecule has 1 unspecified atom stereocenters. The quantitative estimate of drug-likeness (QED) is 0.438. The highest BCUT2D eigenvalue weighted by Crippen LogP contribution is 2.26. The molecule has 9 nitrogen and oxygen atoms in total. The minimum atomic E-state index is -0.886. The Bertz CT molecular complexity index is 838. The molecule has 0 radical (unpaired) electrons. The largest absolute Gasteiger partial charge is 0.460 e. The van der Waals surface area contributed by atoms with Crippen LogP contribution in [0.25, 0.3) is 0 Å². The summed E-state index contributed by atoms with van der Waals surface area (Å²) < 4.78 is 10.7. The molecule has 2 aliphatic rings. The van der Waals surface area contributed by atoms with E-state index in [4.69, 9.17) is 20.6 Å². The summed E-state index contributed by atoms with van der Waals surface area (Å²) >= 11 is 0. The molecule has 0 spiro atoms. The molecule has 3 rings (SSSR count). The van der Waals surface area contributed by atoms with Gasteiger partial charge >= 0.3 is 12.1 Å². The fourth-order valence-corrected chi connectivity index (χ4v) is 3.55. The van der Waals surface area contributed by atoms with Crippen molar-refractivity contribution in [2.24, 2.45) is 11.7 Å². The van der Waals surface area contributed by atoms with Crippen LogP contribution < -0.4 is 10.6 Å². The van der Waals surface area contributed by atoms with Gasteiger partial charge in [0.05, 0.1) is 12.5 Å². The summed E-state index contributed by atoms with van der Waals surface area (Å²) in [5, 5.41) is 7.43. The van der Waals surface area contributed by atoms with Crippen molar-refractivity contribution in [2.45, 2.75) is 45.3 Å². The van der Waals surface area contributed by atoms with Crippen molar-refractivity contribution >= 4 is 29.5 Å². The van der Waals surface area contributed by atoms with Gasteiger partial charge in [-0.3, -0.25) is 19.9 Å². The van der Waals surface area contributed by atoms with E-state index in [9.17, 15) is 14.4 Å². The van der Waals surface area contributed by atoms with E-state index in [0.717, 1.165) is 0 Å². The zero-order valence-electron chi connectivity index (χ0n) is 17.5. The molecule has 0 aromatic heterocycles. The molecule has 162 valence electrons. The third-order valence-corrected chi connectivity index (χ3v) is 5.12. The summed E-state index contributed by atoms with van der Waals surface area (Å²) in [6.07, 6.45) is -0.426. The number of nitrogens with two attached hydrogens (primary N) is 1. The normalized spacial score (nSPS) is 20.1. The van der Waals surface area contributed by atoms with Gasteiger partial charge in [0.2, 0.25) is 0 Å². The van der Waals surface area contributed by atoms with Crippen LogP contribution in [0.1, 0.15) is 39.2 Å². The van der Waals surface area contributed by atoms with Crippen molar-refractivity contribution in [3.63, 3.8) is 0 Å². The van der Waals surface area contributed by atoms with E-state index in [0.29, 0.717) is 37.2 Å². The van der Waals surface area contributed by atoms with Gasteiger partial charge in [0.15, 0.2) is 6.10 Å². The fourth-order valence-electron chi connectivity index (χ4n) is 3.55. The number of amides is 2. The second-order valence-corrected chi connectivity index (χ2v) is 8.58. The molecule has 1 atom stereocenters. The maximum atomic E-state index is 12.8. The van der Waals surface area contributed by atoms with Gasteiger partial charge in [-0.1, -0.05) is 0 Å². The molecule has 2 saturated heterocycles. The van der Waals surface area contributed by atoms with E-state index in [1.165, 1.54) is 4.90 Å². The Morgan fingerprint density at radius 1 is 1.17 bits per heavy atom. The monoisotopic (exact) mass is 416 g/mol. The Labute approximate surface area is 175 Å². The highest BCUT2D eigenvalue weighted by molar-refractivity contribution is 5.98. The van der Waals surface area contributed by atoms with Crippen LogP contribution in [0.5, 0.6) is 0 Å². The van der Waals surface area contributed by atoms with Gasteiger partial charge in [-0.15, -0.1) is 0 Å². The van der Waals surface area contributed by atoms with Gasteiger partial charge in [0.1, 0.15) is 11.4 Å². The molecule has 9 heteroatoms. The lowest BCUT2D eigenvalue weighted by Gasteiger charge is -2.33. The predicted molar refractivity (Wildman–Crippen MR) is 110 cm³/mol. The number of nitrogens with zero attached hydrogens (tertiary/aromatic N) is 2. The molecule has 2 heterocycles. The summed E-state index contributed by atoms with van der Waals surface area (Å²) in [5.74, 6) is -0.778. The highest BCUT2D eigenvalue weighted by Gasteiger charge is 2.40. The van der Waals surface area contributed by atoms with Crippen LogP contribution in [0, 0.1) is 11.3 Å². The van der Waals surface area contributed by atoms with Gasteiger partial charge in [0, 0.05) is 24.3 Å². The Morgan fingerprint density at radius 2 is 1.77 bits per heavy atom. The summed E-state index contributed by atoms with van der Waals surface area (Å²) in [7, 11) is 0. The Balaban J connectivity index is 1.56. The van der Waals surface area contributed by atoms with E-state index in [-0.39, 0.29) is 30.2 Å². The van der Waals surface area contributed by atoms with E-state index in [2.05, 4.69) is 0 Å². The van der Waals surface area contributed by atoms with Crippen LogP contribution in [0.3, 0.4) is 0 Å². The molecule has 3 N–H and O–H groups in total. The lowest BCUT2D eigenvalue weighted by Crippen LogP contribution is -2.46. The zero-order chi connectivity index (χ0) is 22.1. The highest BCUT2D eigenvalue weighted by atomic mass is 16.6. The molecule has 0 aliphatic carbocycles. The summed E-state index contributed by atoms with van der Waals surface area (Å²) in [6, 6.07) is 6.61. The van der Waals surface area contributed by atoms with Crippen molar-refractivity contribution < 1.29 is 23.9 Å². The van der Waals surface area contributed by atoms with Crippen molar-refractivity contribution in [1.82, 2.24) is 4.90 Å². The minimum absolute atomic E-state index is 0.0617. The fraction of sp³-hybridized carbons (Fsp3) is 0.524. The van der Waals surface area contributed by atoms with Gasteiger partial charge in [-0.05, 0) is 57.9 Å². The number of hydrogen-bond donors (Lipinski definition) is 2. The number of cyclic esters (lactones) is 1. The van der Waals surface area contributed by atoms with E-state index >= 15 is 0 Å². The summed E-state index contributed by atoms with van der Waals surface area (Å²) in [4.78, 5) is 40.4. The topological polar surface area (TPSA) is 126 Å². The van der Waals surface area contributed by atoms with Gasteiger partial charge in [-0.2, -0.15) is 0 Å². The summed E-state index contributed by atoms with van der Waals surface area (Å²) in [6.45, 7) is 6.45. The minimum Gasteiger partial charge on any atom is -0.460 e. The number of ether oxygens (including phenoxy) is 2. The van der Waals surface area contributed by atoms with Crippen molar-refractivity contribution in [3.8, 4) is 0 Å². The first-order valence-electron chi connectivity index (χ1n) is 9.99. The number of nitrogens with one attached hydrogen (secondary N) is 1. The Morgan fingerprint density at radius 3 is 2.30 bits per heavy atom. The number of amidine groups is 1. The number of benzene rings is 1. The molecule has 30 heavy (non-hydrogen) atoms. The molecule has 2 aliphatic heterocycles. The number of carbonyl (C=O) groups is 3. The smallest absolute Gasteiger partial charge is 0.415 e. The first-order chi connectivity index (χ1) is 14.0. The first-order valence-corrected chi connectivity index (χ1v) is 9.99. The number of piperidine rings is 1. The number of anilines is 1. The number of esters is 1. The number of hydrogen-bond acceptors (Lipinski definition) is 6. The maximum Gasteiger partial charge on any atom is 0.415 e. The van der Waals surface area contributed by atoms with Gasteiger partial charge in [-0.25, -0.2) is 4.79 Å². The second kappa shape index (κ2) is 8.33. The number of nitrogen functional groups attached to an aromatic ring is 1. The van der Waals surface area contributed by atoms with E-state index in [1.54, 1.807) is 29.2 Å². The molecule has 0 saturated carbocycles. The Kier molecular flexibility index (Phi) is 6.00. The van der Waals surface area contributed by atoms with Gasteiger partial charge < -0.3 is 20.1 Å². The third-order valence-electron chi connectivity index (χ3n) is 5.12. The Hall–Kier alpha value is -3.10. The zero-order valence-corrected chi connectivity index (χ0v) is 17.5. The lowest BCUT2D eigenvalue weighted by molar-refractivity contribution is -0.163. The maximum absolute atomic E-state index is 12.8. The van der Waals surface area contributed by atoms with E-state index < -0.39 is 17.8 Å². The van der Waals surface area contributed by atoms with E-state index in [1.807, 2.05) is 20.8 Å². The lowest BCUT2D eigenvalue weighted by atomic mass is 9.96. The number of carbonyl (C=O) groups excluding carboxylic acids is 3. The standard InChI is InChI=1S/C21H28N4O5/c1-21(2,3)30-19(27)14-8-10-24(11-9-14)18(26)16-12-25(20(28)29-16)15-6-4-13(5-7-15)17(22)23/h4-7,14,16H,8-12H2,1-3H3,(H3,22,23). The molecule has 1 aromatic rings. The average Bonchev–Trinajstić information content (AvgIpc) is 3.08. The van der Waals surface area contributed by atoms with Crippen molar-refractivity contribution in [1.29, 1.82) is 5.41 Å².